The van der Waals surface area contributed by atoms with E-state index >= 15 is 0 Å². The predicted octanol–water partition coefficient (Wildman–Crippen LogP) is 1.80. The molecular formula is C14H14N2O3S. The molecule has 1 aromatic rings. The van der Waals surface area contributed by atoms with Crippen molar-refractivity contribution in [3.63, 3.8) is 0 Å². The Hall–Kier alpha value is -2.21. The molecule has 5 nitrogen and oxygen atoms in total. The van der Waals surface area contributed by atoms with Crippen LogP contribution in [0, 0.1) is 0 Å². The molecule has 1 aliphatic heterocycles. The quantitative estimate of drug-likeness (QED) is 0.797. The van der Waals surface area contributed by atoms with Gasteiger partial charge in [0.05, 0.1) is 13.5 Å². The fourth-order valence-corrected chi connectivity index (χ4v) is 2.00. The van der Waals surface area contributed by atoms with Crippen molar-refractivity contribution in [3.05, 3.63) is 42.1 Å². The van der Waals surface area contributed by atoms with Gasteiger partial charge in [0.1, 0.15) is 5.75 Å². The Morgan fingerprint density at radius 2 is 2.00 bits per heavy atom. The summed E-state index contributed by atoms with van der Waals surface area (Å²) in [6.07, 6.45) is 3.30. The largest absolute Gasteiger partial charge is 0.497 e. The molecule has 0 unspecified atom stereocenters. The molecule has 0 saturated heterocycles. The van der Waals surface area contributed by atoms with Crippen molar-refractivity contribution in [3.8, 4) is 5.75 Å². The molecule has 0 N–H and O–H groups in total. The van der Waals surface area contributed by atoms with Gasteiger partial charge in [-0.3, -0.25) is 9.59 Å². The van der Waals surface area contributed by atoms with Gasteiger partial charge in [-0.1, -0.05) is 12.2 Å². The Balaban J connectivity index is 2.17. The Labute approximate surface area is 122 Å². The van der Waals surface area contributed by atoms with E-state index in [4.69, 9.17) is 17.0 Å². The predicted molar refractivity (Wildman–Crippen MR) is 78.3 cm³/mol. The van der Waals surface area contributed by atoms with Gasteiger partial charge >= 0.3 is 0 Å². The molecule has 0 radical (unpaired) electrons. The normalized spacial score (nSPS) is 14.4. The number of nitrogens with zero attached hydrogens (tertiary/aromatic N) is 2. The maximum Gasteiger partial charge on any atom is 0.272 e. The summed E-state index contributed by atoms with van der Waals surface area (Å²) in [7, 11) is 3.10. The molecule has 0 fully saturated rings. The first-order chi connectivity index (χ1) is 9.52. The maximum atomic E-state index is 12.3. The monoisotopic (exact) mass is 290 g/mol. The molecule has 0 saturated carbocycles. The number of carbonyl (C=O) groups is 2. The Bertz CT molecular complexity index is 581. The molecule has 0 aliphatic carbocycles. The molecule has 2 rings (SSSR count). The zero-order valence-corrected chi connectivity index (χ0v) is 12.0. The van der Waals surface area contributed by atoms with Crippen molar-refractivity contribution in [1.29, 1.82) is 0 Å². The lowest BCUT2D eigenvalue weighted by Gasteiger charge is -2.30. The van der Waals surface area contributed by atoms with E-state index in [0.29, 0.717) is 16.2 Å². The van der Waals surface area contributed by atoms with Crippen molar-refractivity contribution < 1.29 is 14.3 Å². The molecular weight excluding hydrogens is 276 g/mol. The minimum atomic E-state index is -0.279. The fraction of sp³-hybridized carbons (Fsp3) is 0.214. The number of methoxy groups -OCH3 is 1. The molecule has 0 bridgehead atoms. The molecule has 20 heavy (non-hydrogen) atoms. The first-order valence-corrected chi connectivity index (χ1v) is 6.39. The Morgan fingerprint density at radius 3 is 2.55 bits per heavy atom. The van der Waals surface area contributed by atoms with E-state index in [1.165, 1.54) is 16.2 Å². The summed E-state index contributed by atoms with van der Waals surface area (Å²) in [5.74, 6) is 0.170. The van der Waals surface area contributed by atoms with Crippen LogP contribution in [0.2, 0.25) is 0 Å². The number of hydrogen-bond donors (Lipinski definition) is 0. The van der Waals surface area contributed by atoms with Crippen LogP contribution in [0.25, 0.3) is 0 Å². The lowest BCUT2D eigenvalue weighted by Crippen LogP contribution is -2.46. The van der Waals surface area contributed by atoms with Crippen molar-refractivity contribution in [2.24, 2.45) is 0 Å². The van der Waals surface area contributed by atoms with E-state index in [1.807, 2.05) is 0 Å². The molecule has 2 amide bonds. The summed E-state index contributed by atoms with van der Waals surface area (Å²) in [4.78, 5) is 24.7. The average Bonchev–Trinajstić information content (AvgIpc) is 2.46. The van der Waals surface area contributed by atoms with Crippen LogP contribution in [-0.2, 0) is 4.79 Å². The minimum Gasteiger partial charge on any atom is -0.497 e. The number of rotatable bonds is 3. The van der Waals surface area contributed by atoms with Gasteiger partial charge in [0, 0.05) is 23.7 Å². The Morgan fingerprint density at radius 1 is 1.35 bits per heavy atom. The molecule has 1 heterocycles. The van der Waals surface area contributed by atoms with Gasteiger partial charge < -0.3 is 4.74 Å². The third-order valence-electron chi connectivity index (χ3n) is 2.94. The number of ether oxygens (including phenoxy) is 1. The van der Waals surface area contributed by atoms with Crippen molar-refractivity contribution in [1.82, 2.24) is 10.0 Å². The van der Waals surface area contributed by atoms with Gasteiger partial charge in [-0.25, -0.2) is 10.0 Å². The smallest absolute Gasteiger partial charge is 0.272 e. The van der Waals surface area contributed by atoms with Gasteiger partial charge in [0.15, 0.2) is 0 Å². The highest BCUT2D eigenvalue weighted by Crippen LogP contribution is 2.15. The van der Waals surface area contributed by atoms with E-state index in [9.17, 15) is 9.59 Å². The summed E-state index contributed by atoms with van der Waals surface area (Å²) in [5, 5.41) is 2.53. The molecule has 0 spiro atoms. The van der Waals surface area contributed by atoms with E-state index in [-0.39, 0.29) is 18.2 Å². The van der Waals surface area contributed by atoms with E-state index in [1.54, 1.807) is 44.5 Å². The summed E-state index contributed by atoms with van der Waals surface area (Å²) < 4.78 is 5.04. The van der Waals surface area contributed by atoms with Crippen LogP contribution >= 0.6 is 12.2 Å². The fourth-order valence-electron chi connectivity index (χ4n) is 1.81. The molecule has 1 aliphatic rings. The second-order valence-corrected chi connectivity index (χ2v) is 4.78. The third-order valence-corrected chi connectivity index (χ3v) is 3.22. The van der Waals surface area contributed by atoms with Crippen LogP contribution in [0.15, 0.2) is 36.5 Å². The summed E-state index contributed by atoms with van der Waals surface area (Å²) >= 11 is 4.96. The number of carbonyl (C=O) groups excluding carboxylic acids is 2. The van der Waals surface area contributed by atoms with Gasteiger partial charge in [0.2, 0.25) is 0 Å². The maximum absolute atomic E-state index is 12.3. The standard InChI is InChI=1S/C14H14N2O3S/c1-15(16-8-7-12(20)9-13(16)17)14(18)10-3-5-11(19-2)6-4-10/h3-8H,9H2,1-2H3. The lowest BCUT2D eigenvalue weighted by atomic mass is 10.2. The molecule has 1 aromatic carbocycles. The average molecular weight is 290 g/mol. The van der Waals surface area contributed by atoms with E-state index in [0.717, 1.165) is 0 Å². The van der Waals surface area contributed by atoms with Gasteiger partial charge in [0.25, 0.3) is 11.8 Å². The zero-order chi connectivity index (χ0) is 14.7. The number of allylic oxidation sites excluding steroid dienone is 1. The van der Waals surface area contributed by atoms with Crippen molar-refractivity contribution in [2.75, 3.05) is 14.2 Å². The molecule has 0 aromatic heterocycles. The van der Waals surface area contributed by atoms with Crippen LogP contribution in [0.5, 0.6) is 5.75 Å². The lowest BCUT2D eigenvalue weighted by molar-refractivity contribution is -0.136. The summed E-state index contributed by atoms with van der Waals surface area (Å²) in [6, 6.07) is 6.70. The second kappa shape index (κ2) is 5.83. The number of hydrogen-bond acceptors (Lipinski definition) is 4. The highest BCUT2D eigenvalue weighted by Gasteiger charge is 2.24. The number of amides is 2. The van der Waals surface area contributed by atoms with E-state index < -0.39 is 0 Å². The zero-order valence-electron chi connectivity index (χ0n) is 11.2. The van der Waals surface area contributed by atoms with Crippen LogP contribution < -0.4 is 4.74 Å². The third kappa shape index (κ3) is 2.85. The summed E-state index contributed by atoms with van der Waals surface area (Å²) in [6.45, 7) is 0. The summed E-state index contributed by atoms with van der Waals surface area (Å²) in [5.41, 5.74) is 0.475. The van der Waals surface area contributed by atoms with E-state index in [2.05, 4.69) is 0 Å². The van der Waals surface area contributed by atoms with Gasteiger partial charge in [-0.05, 0) is 30.3 Å². The van der Waals surface area contributed by atoms with Crippen LogP contribution in [-0.4, -0.2) is 40.9 Å². The second-order valence-electron chi connectivity index (χ2n) is 4.25. The SMILES string of the molecule is COc1ccc(C(=O)N(C)N2C=CC(=S)CC2=O)cc1. The molecule has 0 atom stereocenters. The Kier molecular flexibility index (Phi) is 4.14. The first kappa shape index (κ1) is 14.2. The van der Waals surface area contributed by atoms with Gasteiger partial charge in [-0.2, -0.15) is 0 Å². The number of benzene rings is 1. The molecule has 104 valence electrons. The minimum absolute atomic E-state index is 0.145. The first-order valence-electron chi connectivity index (χ1n) is 5.98. The van der Waals surface area contributed by atoms with Crippen LogP contribution in [0.1, 0.15) is 16.8 Å². The molecule has 6 heteroatoms. The topological polar surface area (TPSA) is 49.9 Å². The van der Waals surface area contributed by atoms with Crippen LogP contribution in [0.3, 0.4) is 0 Å². The van der Waals surface area contributed by atoms with Gasteiger partial charge in [-0.15, -0.1) is 0 Å². The highest BCUT2D eigenvalue weighted by molar-refractivity contribution is 7.80. The van der Waals surface area contributed by atoms with Crippen LogP contribution in [0.4, 0.5) is 0 Å². The van der Waals surface area contributed by atoms with Crippen molar-refractivity contribution >= 4 is 28.9 Å². The van der Waals surface area contributed by atoms with Crippen molar-refractivity contribution in [2.45, 2.75) is 6.42 Å². The number of thiocarbonyl (C=S) groups is 1. The number of hydrazine groups is 1. The highest BCUT2D eigenvalue weighted by atomic mass is 32.1.